The number of fused-ring (bicyclic) bond motifs is 1. The van der Waals surface area contributed by atoms with Crippen molar-refractivity contribution >= 4 is 27.5 Å². The maximum atomic E-state index is 12.8. The molecule has 0 saturated heterocycles. The summed E-state index contributed by atoms with van der Waals surface area (Å²) < 4.78 is 26.5. The van der Waals surface area contributed by atoms with Crippen LogP contribution in [0, 0.1) is 0 Å². The van der Waals surface area contributed by atoms with Gasteiger partial charge in [0.05, 0.1) is 11.4 Å². The molecular weight excluding hydrogens is 428 g/mol. The van der Waals surface area contributed by atoms with Crippen molar-refractivity contribution in [3.63, 3.8) is 0 Å². The highest BCUT2D eigenvalue weighted by Gasteiger charge is 2.24. The number of hydrogen-bond acceptors (Lipinski definition) is 5. The second-order valence-electron chi connectivity index (χ2n) is 8.11. The van der Waals surface area contributed by atoms with Crippen LogP contribution in [0.2, 0.25) is 0 Å². The predicted molar refractivity (Wildman–Crippen MR) is 124 cm³/mol. The SMILES string of the molecule is CC(=O)Nc1ccc(S(=O)(=O)N(C)CC(=O)NCC(C)N2CCc3ccccc3C2)cc1. The zero-order valence-corrected chi connectivity index (χ0v) is 19.5. The Kier molecular flexibility index (Phi) is 7.65. The summed E-state index contributed by atoms with van der Waals surface area (Å²) >= 11 is 0. The molecule has 0 bridgehead atoms. The summed E-state index contributed by atoms with van der Waals surface area (Å²) in [6.45, 7) is 5.38. The molecule has 0 saturated carbocycles. The maximum absolute atomic E-state index is 12.8. The molecule has 1 unspecified atom stereocenters. The quantitative estimate of drug-likeness (QED) is 0.629. The van der Waals surface area contributed by atoms with Gasteiger partial charge in [0.2, 0.25) is 21.8 Å². The van der Waals surface area contributed by atoms with Gasteiger partial charge in [-0.25, -0.2) is 8.42 Å². The third-order valence-corrected chi connectivity index (χ3v) is 7.44. The van der Waals surface area contributed by atoms with Gasteiger partial charge in [-0.3, -0.25) is 14.5 Å². The number of hydrogen-bond donors (Lipinski definition) is 2. The molecule has 1 aliphatic rings. The highest BCUT2D eigenvalue weighted by Crippen LogP contribution is 2.20. The first-order valence-electron chi connectivity index (χ1n) is 10.6. The first-order valence-corrected chi connectivity index (χ1v) is 12.0. The second kappa shape index (κ2) is 10.2. The van der Waals surface area contributed by atoms with Crippen molar-refractivity contribution in [1.29, 1.82) is 0 Å². The zero-order chi connectivity index (χ0) is 23.3. The summed E-state index contributed by atoms with van der Waals surface area (Å²) in [5, 5.41) is 5.44. The molecule has 1 atom stereocenters. The number of benzene rings is 2. The zero-order valence-electron chi connectivity index (χ0n) is 18.7. The van der Waals surface area contributed by atoms with E-state index < -0.39 is 10.0 Å². The van der Waals surface area contributed by atoms with Crippen LogP contribution in [0.4, 0.5) is 5.69 Å². The Hall–Kier alpha value is -2.75. The molecule has 0 fully saturated rings. The molecule has 2 aromatic rings. The van der Waals surface area contributed by atoms with Crippen LogP contribution in [-0.4, -0.2) is 62.2 Å². The molecule has 32 heavy (non-hydrogen) atoms. The van der Waals surface area contributed by atoms with Crippen LogP contribution >= 0.6 is 0 Å². The minimum atomic E-state index is -3.82. The molecular formula is C23H30N4O4S. The van der Waals surface area contributed by atoms with E-state index in [0.717, 1.165) is 23.8 Å². The third-order valence-electron chi connectivity index (χ3n) is 5.63. The van der Waals surface area contributed by atoms with Crippen molar-refractivity contribution in [2.45, 2.75) is 37.8 Å². The van der Waals surface area contributed by atoms with Gasteiger partial charge in [-0.1, -0.05) is 24.3 Å². The molecule has 1 aliphatic heterocycles. The van der Waals surface area contributed by atoms with E-state index in [2.05, 4.69) is 40.7 Å². The van der Waals surface area contributed by atoms with Crippen LogP contribution in [0.3, 0.4) is 0 Å². The molecule has 1 heterocycles. The molecule has 0 aromatic heterocycles. The lowest BCUT2D eigenvalue weighted by Gasteiger charge is -2.33. The molecule has 9 heteroatoms. The number of likely N-dealkylation sites (N-methyl/N-ethyl adjacent to an activating group) is 1. The van der Waals surface area contributed by atoms with Crippen LogP contribution < -0.4 is 10.6 Å². The predicted octanol–water partition coefficient (Wildman–Crippen LogP) is 1.83. The minimum Gasteiger partial charge on any atom is -0.353 e. The van der Waals surface area contributed by atoms with Crippen LogP contribution in [0.25, 0.3) is 0 Å². The Labute approximate surface area is 189 Å². The van der Waals surface area contributed by atoms with E-state index in [9.17, 15) is 18.0 Å². The van der Waals surface area contributed by atoms with E-state index >= 15 is 0 Å². The second-order valence-corrected chi connectivity index (χ2v) is 10.2. The van der Waals surface area contributed by atoms with Crippen molar-refractivity contribution < 1.29 is 18.0 Å². The Morgan fingerprint density at radius 1 is 1.09 bits per heavy atom. The molecule has 8 nitrogen and oxygen atoms in total. The molecule has 0 aliphatic carbocycles. The lowest BCUT2D eigenvalue weighted by atomic mass is 9.99. The largest absolute Gasteiger partial charge is 0.353 e. The Morgan fingerprint density at radius 2 is 1.75 bits per heavy atom. The summed E-state index contributed by atoms with van der Waals surface area (Å²) in [4.78, 5) is 25.9. The van der Waals surface area contributed by atoms with Crippen LogP contribution in [0.15, 0.2) is 53.4 Å². The van der Waals surface area contributed by atoms with Crippen LogP contribution in [0.5, 0.6) is 0 Å². The molecule has 0 radical (unpaired) electrons. The van der Waals surface area contributed by atoms with E-state index in [1.54, 1.807) is 0 Å². The fourth-order valence-electron chi connectivity index (χ4n) is 3.72. The van der Waals surface area contributed by atoms with Gasteiger partial charge in [0.1, 0.15) is 0 Å². The first kappa shape index (κ1) is 23.9. The normalized spacial score (nSPS) is 15.1. The van der Waals surface area contributed by atoms with Gasteiger partial charge < -0.3 is 10.6 Å². The molecule has 3 rings (SSSR count). The summed E-state index contributed by atoms with van der Waals surface area (Å²) in [6.07, 6.45) is 0.982. The number of nitrogens with one attached hydrogen (secondary N) is 2. The lowest BCUT2D eigenvalue weighted by molar-refractivity contribution is -0.121. The number of rotatable bonds is 8. The topological polar surface area (TPSA) is 98.8 Å². The van der Waals surface area contributed by atoms with E-state index in [4.69, 9.17) is 0 Å². The van der Waals surface area contributed by atoms with E-state index in [1.807, 2.05) is 6.07 Å². The van der Waals surface area contributed by atoms with Gasteiger partial charge in [0, 0.05) is 45.3 Å². The first-order chi connectivity index (χ1) is 15.2. The third kappa shape index (κ3) is 5.93. The number of carbonyl (C=O) groups is 2. The number of nitrogens with zero attached hydrogens (tertiary/aromatic N) is 2. The molecule has 2 N–H and O–H groups in total. The molecule has 2 aromatic carbocycles. The number of anilines is 1. The van der Waals surface area contributed by atoms with Gasteiger partial charge in [0.25, 0.3) is 0 Å². The summed E-state index contributed by atoms with van der Waals surface area (Å²) in [5.74, 6) is -0.590. The van der Waals surface area contributed by atoms with E-state index in [1.165, 1.54) is 49.4 Å². The van der Waals surface area contributed by atoms with E-state index in [0.29, 0.717) is 12.2 Å². The van der Waals surface area contributed by atoms with Crippen LogP contribution in [0.1, 0.15) is 25.0 Å². The highest BCUT2D eigenvalue weighted by molar-refractivity contribution is 7.89. The molecule has 172 valence electrons. The van der Waals surface area contributed by atoms with Gasteiger partial charge in [-0.05, 0) is 48.7 Å². The van der Waals surface area contributed by atoms with E-state index in [-0.39, 0.29) is 29.3 Å². The van der Waals surface area contributed by atoms with Gasteiger partial charge in [-0.15, -0.1) is 0 Å². The highest BCUT2D eigenvalue weighted by atomic mass is 32.2. The van der Waals surface area contributed by atoms with Crippen molar-refractivity contribution in [2.75, 3.05) is 32.0 Å². The average Bonchev–Trinajstić information content (AvgIpc) is 2.77. The Morgan fingerprint density at radius 3 is 2.41 bits per heavy atom. The molecule has 0 spiro atoms. The lowest BCUT2D eigenvalue weighted by Crippen LogP contribution is -2.46. The number of carbonyl (C=O) groups excluding carboxylic acids is 2. The standard InChI is InChI=1S/C23H30N4O4S/c1-17(27-13-12-19-6-4-5-7-20(19)15-27)14-24-23(29)16-26(3)32(30,31)22-10-8-21(9-11-22)25-18(2)28/h4-11,17H,12-16H2,1-3H3,(H,24,29)(H,25,28). The maximum Gasteiger partial charge on any atom is 0.243 e. The molecule has 2 amide bonds. The number of sulfonamides is 1. The summed E-state index contributed by atoms with van der Waals surface area (Å²) in [6, 6.07) is 14.4. The van der Waals surface area contributed by atoms with Crippen molar-refractivity contribution in [3.8, 4) is 0 Å². The van der Waals surface area contributed by atoms with Crippen molar-refractivity contribution in [1.82, 2.24) is 14.5 Å². The fraction of sp³-hybridized carbons (Fsp3) is 0.391. The Balaban J connectivity index is 1.51. The number of amides is 2. The van der Waals surface area contributed by atoms with Crippen molar-refractivity contribution in [3.05, 3.63) is 59.7 Å². The fourth-order valence-corrected chi connectivity index (χ4v) is 4.85. The van der Waals surface area contributed by atoms with Gasteiger partial charge >= 0.3 is 0 Å². The summed E-state index contributed by atoms with van der Waals surface area (Å²) in [7, 11) is -2.45. The smallest absolute Gasteiger partial charge is 0.243 e. The van der Waals surface area contributed by atoms with Crippen LogP contribution in [-0.2, 0) is 32.6 Å². The summed E-state index contributed by atoms with van der Waals surface area (Å²) in [5.41, 5.74) is 3.19. The van der Waals surface area contributed by atoms with Gasteiger partial charge in [-0.2, -0.15) is 4.31 Å². The Bertz CT molecular complexity index is 1070. The average molecular weight is 459 g/mol. The minimum absolute atomic E-state index is 0.0576. The monoisotopic (exact) mass is 458 g/mol. The van der Waals surface area contributed by atoms with Crippen molar-refractivity contribution in [2.24, 2.45) is 0 Å². The van der Waals surface area contributed by atoms with Gasteiger partial charge in [0.15, 0.2) is 0 Å².